The second-order valence-corrected chi connectivity index (χ2v) is 5.35. The van der Waals surface area contributed by atoms with Crippen molar-refractivity contribution in [3.8, 4) is 0 Å². The fourth-order valence-electron chi connectivity index (χ4n) is 1.82. The number of aromatic nitrogens is 1. The molecule has 0 aliphatic carbocycles. The van der Waals surface area contributed by atoms with Crippen molar-refractivity contribution in [1.82, 2.24) is 10.4 Å². The van der Waals surface area contributed by atoms with Crippen LogP contribution in [0, 0.1) is 0 Å². The van der Waals surface area contributed by atoms with Gasteiger partial charge in [-0.25, -0.2) is 10.4 Å². The van der Waals surface area contributed by atoms with Crippen molar-refractivity contribution in [2.45, 2.75) is 5.22 Å². The zero-order chi connectivity index (χ0) is 15.2. The van der Waals surface area contributed by atoms with Crippen molar-refractivity contribution >= 4 is 35.0 Å². The van der Waals surface area contributed by atoms with Gasteiger partial charge in [0, 0.05) is 17.5 Å². The van der Waals surface area contributed by atoms with E-state index in [1.807, 2.05) is 42.5 Å². The molecule has 22 heavy (non-hydrogen) atoms. The van der Waals surface area contributed by atoms with Crippen LogP contribution in [-0.2, 0) is 0 Å². The SMILES string of the molecule is O=C(NN=CCSc1nc2ccccc2o1)c1ccccc1. The smallest absolute Gasteiger partial charge is 0.271 e. The lowest BCUT2D eigenvalue weighted by Crippen LogP contribution is -2.17. The number of para-hydroxylation sites is 2. The minimum atomic E-state index is -0.233. The molecule has 5 nitrogen and oxygen atoms in total. The highest BCUT2D eigenvalue weighted by atomic mass is 32.2. The van der Waals surface area contributed by atoms with Gasteiger partial charge in [0.1, 0.15) is 5.52 Å². The molecule has 3 aromatic rings. The lowest BCUT2D eigenvalue weighted by Gasteiger charge is -1.98. The summed E-state index contributed by atoms with van der Waals surface area (Å²) in [5.41, 5.74) is 4.65. The summed E-state index contributed by atoms with van der Waals surface area (Å²) < 4.78 is 5.57. The summed E-state index contributed by atoms with van der Waals surface area (Å²) in [4.78, 5) is 16.1. The van der Waals surface area contributed by atoms with E-state index in [0.717, 1.165) is 11.1 Å². The number of fused-ring (bicyclic) bond motifs is 1. The van der Waals surface area contributed by atoms with Gasteiger partial charge in [-0.2, -0.15) is 5.10 Å². The van der Waals surface area contributed by atoms with Gasteiger partial charge in [0.25, 0.3) is 11.1 Å². The van der Waals surface area contributed by atoms with E-state index in [1.54, 1.807) is 18.3 Å². The summed E-state index contributed by atoms with van der Waals surface area (Å²) in [7, 11) is 0. The van der Waals surface area contributed by atoms with Crippen LogP contribution in [0.4, 0.5) is 0 Å². The van der Waals surface area contributed by atoms with E-state index in [9.17, 15) is 4.79 Å². The predicted octanol–water partition coefficient (Wildman–Crippen LogP) is 3.34. The van der Waals surface area contributed by atoms with E-state index in [4.69, 9.17) is 4.42 Å². The first-order valence-electron chi connectivity index (χ1n) is 6.68. The maximum atomic E-state index is 11.7. The van der Waals surface area contributed by atoms with E-state index in [-0.39, 0.29) is 5.91 Å². The Morgan fingerprint density at radius 1 is 1.18 bits per heavy atom. The summed E-state index contributed by atoms with van der Waals surface area (Å²) in [6, 6.07) is 16.5. The highest BCUT2D eigenvalue weighted by Gasteiger charge is 2.04. The van der Waals surface area contributed by atoms with E-state index >= 15 is 0 Å². The first-order valence-corrected chi connectivity index (χ1v) is 7.67. The number of carbonyl (C=O) groups is 1. The van der Waals surface area contributed by atoms with Crippen LogP contribution in [0.15, 0.2) is 69.3 Å². The summed E-state index contributed by atoms with van der Waals surface area (Å²) >= 11 is 1.42. The minimum absolute atomic E-state index is 0.233. The number of hydrogen-bond acceptors (Lipinski definition) is 5. The lowest BCUT2D eigenvalue weighted by molar-refractivity contribution is 0.0955. The molecule has 1 heterocycles. The number of hydrogen-bond donors (Lipinski definition) is 1. The zero-order valence-corrected chi connectivity index (χ0v) is 12.4. The first kappa shape index (κ1) is 14.3. The molecule has 0 fully saturated rings. The fraction of sp³-hybridized carbons (Fsp3) is 0.0625. The Balaban J connectivity index is 1.49. The molecule has 6 heteroatoms. The molecule has 0 radical (unpaired) electrons. The summed E-state index contributed by atoms with van der Waals surface area (Å²) in [5.74, 6) is 0.325. The van der Waals surface area contributed by atoms with Crippen LogP contribution in [0.3, 0.4) is 0 Å². The van der Waals surface area contributed by atoms with Crippen molar-refractivity contribution in [2.75, 3.05) is 5.75 Å². The Bertz CT molecular complexity index is 766. The largest absolute Gasteiger partial charge is 0.431 e. The monoisotopic (exact) mass is 311 g/mol. The van der Waals surface area contributed by atoms with Gasteiger partial charge in [-0.15, -0.1) is 0 Å². The van der Waals surface area contributed by atoms with Gasteiger partial charge in [-0.3, -0.25) is 4.79 Å². The van der Waals surface area contributed by atoms with Crippen molar-refractivity contribution in [3.05, 3.63) is 60.2 Å². The van der Waals surface area contributed by atoms with Gasteiger partial charge < -0.3 is 4.42 Å². The molecule has 0 saturated carbocycles. The molecular weight excluding hydrogens is 298 g/mol. The Morgan fingerprint density at radius 2 is 1.95 bits per heavy atom. The van der Waals surface area contributed by atoms with E-state index in [0.29, 0.717) is 16.5 Å². The van der Waals surface area contributed by atoms with Crippen LogP contribution in [0.1, 0.15) is 10.4 Å². The predicted molar refractivity (Wildman–Crippen MR) is 87.1 cm³/mol. The van der Waals surface area contributed by atoms with Crippen LogP contribution in [-0.4, -0.2) is 22.9 Å². The quantitative estimate of drug-likeness (QED) is 0.446. The van der Waals surface area contributed by atoms with Crippen LogP contribution >= 0.6 is 11.8 Å². The fourth-order valence-corrected chi connectivity index (χ4v) is 2.42. The maximum Gasteiger partial charge on any atom is 0.271 e. The van der Waals surface area contributed by atoms with E-state index in [1.165, 1.54) is 11.8 Å². The summed E-state index contributed by atoms with van der Waals surface area (Å²) in [6.45, 7) is 0. The Hall–Kier alpha value is -2.60. The number of nitrogens with zero attached hydrogens (tertiary/aromatic N) is 2. The molecular formula is C16H13N3O2S. The van der Waals surface area contributed by atoms with Gasteiger partial charge in [-0.05, 0) is 24.3 Å². The van der Waals surface area contributed by atoms with Crippen molar-refractivity contribution in [1.29, 1.82) is 0 Å². The van der Waals surface area contributed by atoms with Gasteiger partial charge in [0.2, 0.25) is 0 Å². The van der Waals surface area contributed by atoms with Gasteiger partial charge in [0.15, 0.2) is 5.58 Å². The van der Waals surface area contributed by atoms with Gasteiger partial charge in [-0.1, -0.05) is 42.1 Å². The Morgan fingerprint density at radius 3 is 2.77 bits per heavy atom. The third kappa shape index (κ3) is 3.53. The molecule has 0 aliphatic heterocycles. The molecule has 1 amide bonds. The van der Waals surface area contributed by atoms with Crippen molar-refractivity contribution in [3.63, 3.8) is 0 Å². The number of hydrazone groups is 1. The number of rotatable bonds is 5. The van der Waals surface area contributed by atoms with Gasteiger partial charge >= 0.3 is 0 Å². The van der Waals surface area contributed by atoms with Crippen LogP contribution < -0.4 is 5.43 Å². The highest BCUT2D eigenvalue weighted by Crippen LogP contribution is 2.22. The molecule has 1 aromatic heterocycles. The molecule has 0 saturated heterocycles. The molecule has 3 rings (SSSR count). The zero-order valence-electron chi connectivity index (χ0n) is 11.6. The molecule has 1 N–H and O–H groups in total. The molecule has 0 spiro atoms. The molecule has 0 atom stereocenters. The number of amides is 1. The average Bonchev–Trinajstić information content (AvgIpc) is 2.98. The first-order chi connectivity index (χ1) is 10.8. The summed E-state index contributed by atoms with van der Waals surface area (Å²) in [5, 5.41) is 4.49. The van der Waals surface area contributed by atoms with Crippen LogP contribution in [0.2, 0.25) is 0 Å². The molecule has 2 aromatic carbocycles. The average molecular weight is 311 g/mol. The van der Waals surface area contributed by atoms with Gasteiger partial charge in [0.05, 0.1) is 0 Å². The standard InChI is InChI=1S/C16H13N3O2S/c20-15(12-6-2-1-3-7-12)19-17-10-11-22-16-18-13-8-4-5-9-14(13)21-16/h1-10H,11H2,(H,19,20). The van der Waals surface area contributed by atoms with E-state index in [2.05, 4.69) is 15.5 Å². The number of nitrogens with one attached hydrogen (secondary N) is 1. The summed E-state index contributed by atoms with van der Waals surface area (Å²) in [6.07, 6.45) is 1.61. The third-order valence-electron chi connectivity index (χ3n) is 2.85. The Kier molecular flexibility index (Phi) is 4.50. The maximum absolute atomic E-state index is 11.7. The Labute approximate surface area is 131 Å². The minimum Gasteiger partial charge on any atom is -0.431 e. The molecule has 0 aliphatic rings. The lowest BCUT2D eigenvalue weighted by atomic mass is 10.2. The normalized spacial score (nSPS) is 11.1. The molecule has 0 unspecified atom stereocenters. The van der Waals surface area contributed by atoms with Crippen LogP contribution in [0.5, 0.6) is 0 Å². The number of thioether (sulfide) groups is 1. The molecule has 0 bridgehead atoms. The highest BCUT2D eigenvalue weighted by molar-refractivity contribution is 7.99. The molecule has 110 valence electrons. The van der Waals surface area contributed by atoms with Crippen LogP contribution in [0.25, 0.3) is 11.1 Å². The van der Waals surface area contributed by atoms with Crippen molar-refractivity contribution in [2.24, 2.45) is 5.10 Å². The second-order valence-electron chi connectivity index (χ2n) is 4.38. The topological polar surface area (TPSA) is 67.5 Å². The number of carbonyl (C=O) groups excluding carboxylic acids is 1. The van der Waals surface area contributed by atoms with Crippen molar-refractivity contribution < 1.29 is 9.21 Å². The third-order valence-corrected chi connectivity index (χ3v) is 3.59. The van der Waals surface area contributed by atoms with E-state index < -0.39 is 0 Å². The second kappa shape index (κ2) is 6.91. The number of oxazole rings is 1. The number of benzene rings is 2.